The lowest BCUT2D eigenvalue weighted by Gasteiger charge is -2.30. The van der Waals surface area contributed by atoms with Crippen molar-refractivity contribution >= 4 is 28.4 Å². The van der Waals surface area contributed by atoms with E-state index < -0.39 is 5.91 Å². The Morgan fingerprint density at radius 1 is 1.11 bits per heavy atom. The highest BCUT2D eigenvalue weighted by molar-refractivity contribution is 6.30. The molecular weight excluding hydrogens is 504 g/mol. The molecule has 1 fully saturated rings. The zero-order valence-corrected chi connectivity index (χ0v) is 21.5. The van der Waals surface area contributed by atoms with Gasteiger partial charge in [0.1, 0.15) is 17.4 Å². The number of morpholine rings is 1. The topological polar surface area (TPSA) is 85.7 Å². The minimum absolute atomic E-state index is 0.104. The van der Waals surface area contributed by atoms with E-state index in [9.17, 15) is 9.59 Å². The Labute approximate surface area is 224 Å². The third-order valence-corrected chi connectivity index (χ3v) is 7.26. The average Bonchev–Trinajstić information content (AvgIpc) is 2.95. The standard InChI is InChI=1S/C29H27ClN4O4/c30-22-5-3-19(4-6-22)14-32-29(36)24-17-34-18-26(21-2-1-7-31-15-21)38-25-13-20(12-23(27(25)34)28(24)35)16-33-8-10-37-11-9-33/h1-7,12-13,15,17,26H,8-11,14,16,18H2,(H,32,36)/t26-/m1/s1. The van der Waals surface area contributed by atoms with Crippen molar-refractivity contribution in [2.24, 2.45) is 0 Å². The SMILES string of the molecule is O=C(NCc1ccc(Cl)cc1)c1cn2c3c(cc(CN4CCOCC4)cc3c1=O)O[C@@H](c1cccnc1)C2. The van der Waals surface area contributed by atoms with Crippen LogP contribution >= 0.6 is 11.6 Å². The van der Waals surface area contributed by atoms with Gasteiger partial charge in [-0.1, -0.05) is 29.8 Å². The summed E-state index contributed by atoms with van der Waals surface area (Å²) in [5.41, 5.74) is 3.28. The summed E-state index contributed by atoms with van der Waals surface area (Å²) in [6, 6.07) is 15.0. The van der Waals surface area contributed by atoms with E-state index in [1.807, 2.05) is 41.0 Å². The van der Waals surface area contributed by atoms with Gasteiger partial charge in [0.2, 0.25) is 5.43 Å². The molecule has 2 aromatic carbocycles. The van der Waals surface area contributed by atoms with Crippen LogP contribution in [0.1, 0.15) is 33.2 Å². The average molecular weight is 531 g/mol. The summed E-state index contributed by atoms with van der Waals surface area (Å²) >= 11 is 5.97. The highest BCUT2D eigenvalue weighted by Gasteiger charge is 2.27. The highest BCUT2D eigenvalue weighted by Crippen LogP contribution is 2.36. The molecule has 4 heterocycles. The van der Waals surface area contributed by atoms with E-state index in [-0.39, 0.29) is 23.6 Å². The number of aromatic nitrogens is 2. The van der Waals surface area contributed by atoms with Gasteiger partial charge >= 0.3 is 0 Å². The molecule has 9 heteroatoms. The van der Waals surface area contributed by atoms with Gasteiger partial charge in [0.25, 0.3) is 5.91 Å². The molecule has 4 aromatic rings. The number of carbonyl (C=O) groups is 1. The van der Waals surface area contributed by atoms with E-state index in [1.54, 1.807) is 30.7 Å². The van der Waals surface area contributed by atoms with E-state index in [2.05, 4.69) is 15.2 Å². The van der Waals surface area contributed by atoms with Crippen molar-refractivity contribution in [1.29, 1.82) is 0 Å². The van der Waals surface area contributed by atoms with Crippen LogP contribution in [-0.2, 0) is 24.4 Å². The smallest absolute Gasteiger partial charge is 0.257 e. The number of carbonyl (C=O) groups excluding carboxylic acids is 1. The van der Waals surface area contributed by atoms with Crippen LogP contribution in [0.2, 0.25) is 5.02 Å². The number of pyridine rings is 2. The van der Waals surface area contributed by atoms with Gasteiger partial charge in [-0.25, -0.2) is 0 Å². The number of nitrogens with one attached hydrogen (secondary N) is 1. The lowest BCUT2D eigenvalue weighted by atomic mass is 10.0. The molecule has 1 amide bonds. The lowest BCUT2D eigenvalue weighted by Crippen LogP contribution is -2.35. The molecule has 6 rings (SSSR count). The number of hydrogen-bond acceptors (Lipinski definition) is 6. The van der Waals surface area contributed by atoms with Gasteiger partial charge in [0.15, 0.2) is 0 Å². The largest absolute Gasteiger partial charge is 0.482 e. The maximum absolute atomic E-state index is 13.7. The van der Waals surface area contributed by atoms with Crippen molar-refractivity contribution in [3.05, 3.63) is 105 Å². The first-order valence-corrected chi connectivity index (χ1v) is 13.0. The minimum atomic E-state index is -0.417. The summed E-state index contributed by atoms with van der Waals surface area (Å²) in [5, 5.41) is 4.00. The predicted octanol–water partition coefficient (Wildman–Crippen LogP) is 3.95. The van der Waals surface area contributed by atoms with Crippen molar-refractivity contribution in [3.63, 3.8) is 0 Å². The zero-order valence-electron chi connectivity index (χ0n) is 20.7. The number of nitrogens with zero attached hydrogens (tertiary/aromatic N) is 3. The molecule has 0 radical (unpaired) electrons. The summed E-state index contributed by atoms with van der Waals surface area (Å²) in [5.74, 6) is 0.219. The molecule has 1 saturated heterocycles. The minimum Gasteiger partial charge on any atom is -0.482 e. The highest BCUT2D eigenvalue weighted by atomic mass is 35.5. The van der Waals surface area contributed by atoms with Crippen LogP contribution in [0.5, 0.6) is 5.75 Å². The molecule has 8 nitrogen and oxygen atoms in total. The van der Waals surface area contributed by atoms with Crippen LogP contribution in [0.15, 0.2) is 71.9 Å². The van der Waals surface area contributed by atoms with Gasteiger partial charge in [0.05, 0.1) is 30.7 Å². The molecule has 1 atom stereocenters. The number of hydrogen-bond donors (Lipinski definition) is 1. The molecule has 0 bridgehead atoms. The summed E-state index contributed by atoms with van der Waals surface area (Å²) in [6.07, 6.45) is 4.86. The van der Waals surface area contributed by atoms with Crippen molar-refractivity contribution < 1.29 is 14.3 Å². The van der Waals surface area contributed by atoms with Gasteiger partial charge in [-0.05, 0) is 41.5 Å². The van der Waals surface area contributed by atoms with E-state index in [1.165, 1.54) is 0 Å². The molecule has 2 aromatic heterocycles. The molecule has 1 N–H and O–H groups in total. The second-order valence-corrected chi connectivity index (χ2v) is 10.0. The fourth-order valence-corrected chi connectivity index (χ4v) is 5.18. The molecule has 2 aliphatic heterocycles. The quantitative estimate of drug-likeness (QED) is 0.406. The Hall–Kier alpha value is -3.72. The molecule has 38 heavy (non-hydrogen) atoms. The third kappa shape index (κ3) is 5.03. The van der Waals surface area contributed by atoms with Gasteiger partial charge in [-0.15, -0.1) is 0 Å². The van der Waals surface area contributed by atoms with Crippen molar-refractivity contribution in [2.45, 2.75) is 25.7 Å². The Balaban J connectivity index is 1.38. The summed E-state index contributed by atoms with van der Waals surface area (Å²) in [4.78, 5) is 33.5. The van der Waals surface area contributed by atoms with E-state index >= 15 is 0 Å². The zero-order chi connectivity index (χ0) is 26.1. The number of benzene rings is 2. The first-order valence-electron chi connectivity index (χ1n) is 12.6. The van der Waals surface area contributed by atoms with Crippen LogP contribution in [-0.4, -0.2) is 46.7 Å². The fourth-order valence-electron chi connectivity index (χ4n) is 5.05. The number of ether oxygens (including phenoxy) is 2. The third-order valence-electron chi connectivity index (χ3n) is 7.00. The first kappa shape index (κ1) is 24.6. The van der Waals surface area contributed by atoms with Crippen LogP contribution in [0.4, 0.5) is 0 Å². The fraction of sp³-hybridized carbons (Fsp3) is 0.276. The predicted molar refractivity (Wildman–Crippen MR) is 145 cm³/mol. The van der Waals surface area contributed by atoms with Crippen molar-refractivity contribution in [3.8, 4) is 5.75 Å². The van der Waals surface area contributed by atoms with Crippen molar-refractivity contribution in [1.82, 2.24) is 19.8 Å². The van der Waals surface area contributed by atoms with Crippen molar-refractivity contribution in [2.75, 3.05) is 26.3 Å². The van der Waals surface area contributed by atoms with Crippen LogP contribution < -0.4 is 15.5 Å². The molecular formula is C29H27ClN4O4. The molecule has 0 saturated carbocycles. The van der Waals surface area contributed by atoms with Crippen LogP contribution in [0.25, 0.3) is 10.9 Å². The monoisotopic (exact) mass is 530 g/mol. The number of rotatable bonds is 6. The van der Waals surface area contributed by atoms with E-state index in [0.29, 0.717) is 48.0 Å². The first-order chi connectivity index (χ1) is 18.5. The molecule has 0 unspecified atom stereocenters. The normalized spacial score (nSPS) is 17.2. The van der Waals surface area contributed by atoms with Gasteiger partial charge in [-0.3, -0.25) is 19.5 Å². The Morgan fingerprint density at radius 2 is 1.92 bits per heavy atom. The summed E-state index contributed by atoms with van der Waals surface area (Å²) in [6.45, 7) is 4.43. The Kier molecular flexibility index (Phi) is 6.84. The Morgan fingerprint density at radius 3 is 2.68 bits per heavy atom. The molecule has 2 aliphatic rings. The van der Waals surface area contributed by atoms with E-state index in [4.69, 9.17) is 21.1 Å². The second-order valence-electron chi connectivity index (χ2n) is 9.60. The van der Waals surface area contributed by atoms with Gasteiger partial charge < -0.3 is 19.4 Å². The second kappa shape index (κ2) is 10.6. The lowest BCUT2D eigenvalue weighted by molar-refractivity contribution is 0.0341. The molecule has 194 valence electrons. The molecule has 0 aliphatic carbocycles. The molecule has 0 spiro atoms. The van der Waals surface area contributed by atoms with Gasteiger partial charge in [0, 0.05) is 55.4 Å². The summed E-state index contributed by atoms with van der Waals surface area (Å²) < 4.78 is 13.9. The van der Waals surface area contributed by atoms with E-state index in [0.717, 1.165) is 29.8 Å². The van der Waals surface area contributed by atoms with Gasteiger partial charge in [-0.2, -0.15) is 0 Å². The maximum atomic E-state index is 13.7. The maximum Gasteiger partial charge on any atom is 0.257 e. The number of amides is 1. The Bertz CT molecular complexity index is 1530. The summed E-state index contributed by atoms with van der Waals surface area (Å²) in [7, 11) is 0. The number of halogens is 1. The van der Waals surface area contributed by atoms with Crippen LogP contribution in [0.3, 0.4) is 0 Å². The van der Waals surface area contributed by atoms with Crippen LogP contribution in [0, 0.1) is 0 Å².